The van der Waals surface area contributed by atoms with Crippen molar-refractivity contribution in [3.63, 3.8) is 0 Å². The van der Waals surface area contributed by atoms with E-state index in [1.54, 1.807) is 48.2 Å². The lowest BCUT2D eigenvalue weighted by atomic mass is 10.0. The van der Waals surface area contributed by atoms with Gasteiger partial charge in [0.05, 0.1) is 23.5 Å². The average molecular weight is 395 g/mol. The summed E-state index contributed by atoms with van der Waals surface area (Å²) < 4.78 is 0. The summed E-state index contributed by atoms with van der Waals surface area (Å²) in [4.78, 5) is 37.4. The van der Waals surface area contributed by atoms with E-state index in [-0.39, 0.29) is 17.9 Å². The second kappa shape index (κ2) is 9.18. The van der Waals surface area contributed by atoms with Crippen LogP contribution in [0.15, 0.2) is 54.4 Å². The van der Waals surface area contributed by atoms with Crippen molar-refractivity contribution in [1.29, 1.82) is 0 Å². The Kier molecular flexibility index (Phi) is 6.44. The van der Waals surface area contributed by atoms with Gasteiger partial charge in [0.1, 0.15) is 10.7 Å². The number of pyridine rings is 2. The Balaban J connectivity index is 1.74. The van der Waals surface area contributed by atoms with Gasteiger partial charge in [-0.25, -0.2) is 4.98 Å². The number of carbonyl (C=O) groups excluding carboxylic acids is 2. The molecule has 0 aliphatic heterocycles. The van der Waals surface area contributed by atoms with Crippen LogP contribution in [0.25, 0.3) is 0 Å². The first-order valence-electron chi connectivity index (χ1n) is 8.90. The highest BCUT2D eigenvalue weighted by atomic mass is 32.1. The maximum Gasteiger partial charge on any atom is 0.275 e. The van der Waals surface area contributed by atoms with Crippen molar-refractivity contribution in [1.82, 2.24) is 20.3 Å². The fraction of sp³-hybridized carbons (Fsp3) is 0.250. The molecule has 3 aromatic heterocycles. The van der Waals surface area contributed by atoms with E-state index < -0.39 is 0 Å². The van der Waals surface area contributed by atoms with Crippen molar-refractivity contribution >= 4 is 28.8 Å². The third kappa shape index (κ3) is 5.20. The lowest BCUT2D eigenvalue weighted by Gasteiger charge is -2.18. The quantitative estimate of drug-likeness (QED) is 0.636. The summed E-state index contributed by atoms with van der Waals surface area (Å²) >= 11 is 1.36. The first-order valence-corrected chi connectivity index (χ1v) is 9.78. The van der Waals surface area contributed by atoms with Crippen LogP contribution in [0.2, 0.25) is 0 Å². The molecule has 0 fully saturated rings. The Bertz CT molecular complexity index is 928. The molecule has 0 saturated heterocycles. The highest BCUT2D eigenvalue weighted by Crippen LogP contribution is 2.25. The zero-order valence-electron chi connectivity index (χ0n) is 15.6. The normalized spacial score (nSPS) is 11.8. The van der Waals surface area contributed by atoms with Crippen LogP contribution in [0.3, 0.4) is 0 Å². The van der Waals surface area contributed by atoms with Crippen LogP contribution in [0, 0.1) is 5.92 Å². The van der Waals surface area contributed by atoms with Gasteiger partial charge in [-0.15, -0.1) is 11.3 Å². The standard InChI is InChI=1S/C20H21N5O2S/c1-13(2)9-16(24-18(26)14-5-3-7-21-10-14)20-25-17(12-28-20)19(27)23-15-6-4-8-22-11-15/h3-8,10-13,16H,9H2,1-2H3,(H,23,27)(H,24,26)/t16-/m1/s1. The minimum absolute atomic E-state index is 0.213. The largest absolute Gasteiger partial charge is 0.343 e. The number of anilines is 1. The number of nitrogens with zero attached hydrogens (tertiary/aromatic N) is 3. The predicted molar refractivity (Wildman–Crippen MR) is 108 cm³/mol. The molecule has 2 amide bonds. The van der Waals surface area contributed by atoms with Gasteiger partial charge in [0.2, 0.25) is 0 Å². The number of hydrogen-bond acceptors (Lipinski definition) is 6. The van der Waals surface area contributed by atoms with Crippen LogP contribution >= 0.6 is 11.3 Å². The smallest absolute Gasteiger partial charge is 0.275 e. The third-order valence-electron chi connectivity index (χ3n) is 3.91. The van der Waals surface area contributed by atoms with Gasteiger partial charge in [-0.3, -0.25) is 19.6 Å². The molecule has 3 aromatic rings. The van der Waals surface area contributed by atoms with Gasteiger partial charge in [-0.1, -0.05) is 13.8 Å². The van der Waals surface area contributed by atoms with Crippen LogP contribution in [0.1, 0.15) is 52.2 Å². The molecule has 0 unspecified atom stereocenters. The van der Waals surface area contributed by atoms with Crippen LogP contribution in [0.4, 0.5) is 5.69 Å². The minimum Gasteiger partial charge on any atom is -0.343 e. The van der Waals surface area contributed by atoms with Gasteiger partial charge >= 0.3 is 0 Å². The topological polar surface area (TPSA) is 96.9 Å². The second-order valence-electron chi connectivity index (χ2n) is 6.66. The Labute approximate surface area is 167 Å². The SMILES string of the molecule is CC(C)C[C@@H](NC(=O)c1cccnc1)c1nc(C(=O)Nc2cccnc2)cs1. The molecular weight excluding hydrogens is 374 g/mol. The Hall–Kier alpha value is -3.13. The molecular formula is C20H21N5O2S. The molecule has 0 aromatic carbocycles. The Morgan fingerprint density at radius 2 is 1.82 bits per heavy atom. The van der Waals surface area contributed by atoms with E-state index in [1.165, 1.54) is 17.5 Å². The van der Waals surface area contributed by atoms with Gasteiger partial charge in [-0.05, 0) is 36.6 Å². The molecule has 2 N–H and O–H groups in total. The summed E-state index contributed by atoms with van der Waals surface area (Å²) in [6.45, 7) is 4.15. The molecule has 28 heavy (non-hydrogen) atoms. The number of carbonyl (C=O) groups is 2. The number of nitrogens with one attached hydrogen (secondary N) is 2. The summed E-state index contributed by atoms with van der Waals surface area (Å²) in [5.74, 6) is -0.177. The van der Waals surface area contributed by atoms with Crippen LogP contribution in [-0.2, 0) is 0 Å². The first-order chi connectivity index (χ1) is 13.5. The molecule has 0 aliphatic rings. The number of rotatable bonds is 7. The Morgan fingerprint density at radius 1 is 1.07 bits per heavy atom. The van der Waals surface area contributed by atoms with E-state index in [4.69, 9.17) is 0 Å². The molecule has 0 spiro atoms. The van der Waals surface area contributed by atoms with E-state index in [0.717, 1.165) is 0 Å². The minimum atomic E-state index is -0.308. The van der Waals surface area contributed by atoms with E-state index in [0.29, 0.717) is 34.3 Å². The van der Waals surface area contributed by atoms with E-state index >= 15 is 0 Å². The second-order valence-corrected chi connectivity index (χ2v) is 7.55. The Morgan fingerprint density at radius 3 is 2.46 bits per heavy atom. The first kappa shape index (κ1) is 19.6. The van der Waals surface area contributed by atoms with Crippen LogP contribution in [-0.4, -0.2) is 26.8 Å². The van der Waals surface area contributed by atoms with E-state index in [2.05, 4.69) is 39.4 Å². The monoisotopic (exact) mass is 395 g/mol. The lowest BCUT2D eigenvalue weighted by Crippen LogP contribution is -2.29. The fourth-order valence-electron chi connectivity index (χ4n) is 2.62. The molecule has 3 heterocycles. The van der Waals surface area contributed by atoms with Crippen molar-refractivity contribution in [2.75, 3.05) is 5.32 Å². The molecule has 3 rings (SSSR count). The molecule has 144 valence electrons. The van der Waals surface area contributed by atoms with E-state index in [9.17, 15) is 9.59 Å². The molecule has 7 nitrogen and oxygen atoms in total. The van der Waals surface area contributed by atoms with Crippen LogP contribution in [0.5, 0.6) is 0 Å². The van der Waals surface area contributed by atoms with Crippen molar-refractivity contribution in [2.45, 2.75) is 26.3 Å². The summed E-state index contributed by atoms with van der Waals surface area (Å²) in [5, 5.41) is 8.17. The van der Waals surface area contributed by atoms with E-state index in [1.807, 2.05) is 0 Å². The number of amides is 2. The zero-order chi connectivity index (χ0) is 19.9. The summed E-state index contributed by atoms with van der Waals surface area (Å²) in [5.41, 5.74) is 1.40. The van der Waals surface area contributed by atoms with Gasteiger partial charge in [0, 0.05) is 24.0 Å². The number of thiazole rings is 1. The molecule has 0 aliphatic carbocycles. The molecule has 1 atom stereocenters. The number of aromatic nitrogens is 3. The molecule has 0 saturated carbocycles. The van der Waals surface area contributed by atoms with Crippen molar-refractivity contribution in [2.24, 2.45) is 5.92 Å². The summed E-state index contributed by atoms with van der Waals surface area (Å²) in [6, 6.07) is 6.65. The van der Waals surface area contributed by atoms with Gasteiger partial charge < -0.3 is 10.6 Å². The number of hydrogen-bond donors (Lipinski definition) is 2. The highest BCUT2D eigenvalue weighted by molar-refractivity contribution is 7.10. The van der Waals surface area contributed by atoms with Gasteiger partial charge in [0.25, 0.3) is 11.8 Å². The van der Waals surface area contributed by atoms with Gasteiger partial charge in [0.15, 0.2) is 0 Å². The van der Waals surface area contributed by atoms with Crippen molar-refractivity contribution < 1.29 is 9.59 Å². The predicted octanol–water partition coefficient (Wildman–Crippen LogP) is 3.70. The maximum atomic E-state index is 12.5. The lowest BCUT2D eigenvalue weighted by molar-refractivity contribution is 0.0931. The fourth-order valence-corrected chi connectivity index (χ4v) is 3.48. The van der Waals surface area contributed by atoms with Gasteiger partial charge in [-0.2, -0.15) is 0 Å². The maximum absolute atomic E-state index is 12.5. The summed E-state index contributed by atoms with van der Waals surface area (Å²) in [7, 11) is 0. The van der Waals surface area contributed by atoms with Crippen molar-refractivity contribution in [3.8, 4) is 0 Å². The summed E-state index contributed by atoms with van der Waals surface area (Å²) in [6.07, 6.45) is 7.06. The van der Waals surface area contributed by atoms with Crippen LogP contribution < -0.4 is 10.6 Å². The molecule has 0 bridgehead atoms. The molecule has 8 heteroatoms. The molecule has 0 radical (unpaired) electrons. The highest BCUT2D eigenvalue weighted by Gasteiger charge is 2.22. The van der Waals surface area contributed by atoms with Crippen molar-refractivity contribution in [3.05, 3.63) is 70.7 Å². The average Bonchev–Trinajstić information content (AvgIpc) is 3.19. The third-order valence-corrected chi connectivity index (χ3v) is 4.87. The zero-order valence-corrected chi connectivity index (χ0v) is 16.4.